The lowest BCUT2D eigenvalue weighted by Crippen LogP contribution is -2.24. The van der Waals surface area contributed by atoms with Crippen molar-refractivity contribution in [2.24, 2.45) is 0 Å². The van der Waals surface area contributed by atoms with Crippen LogP contribution in [-0.4, -0.2) is 11.7 Å². The van der Waals surface area contributed by atoms with Crippen LogP contribution in [0.2, 0.25) is 0 Å². The van der Waals surface area contributed by atoms with E-state index >= 15 is 0 Å². The largest absolute Gasteiger partial charge is 0.394 e. The molecule has 3 heteroatoms. The van der Waals surface area contributed by atoms with E-state index in [1.54, 1.807) is 13.0 Å². The molecule has 1 atom stereocenters. The smallest absolute Gasteiger partial charge is 0.126 e. The average Bonchev–Trinajstić information content (AvgIpc) is 2.44. The van der Waals surface area contributed by atoms with Gasteiger partial charge in [0.15, 0.2) is 0 Å². The van der Waals surface area contributed by atoms with E-state index in [1.807, 2.05) is 36.4 Å². The molecule has 0 fully saturated rings. The normalized spacial score (nSPS) is 12.4. The van der Waals surface area contributed by atoms with Crippen LogP contribution in [0.25, 0.3) is 0 Å². The average molecular weight is 259 g/mol. The highest BCUT2D eigenvalue weighted by atomic mass is 19.1. The van der Waals surface area contributed by atoms with Gasteiger partial charge in [-0.15, -0.1) is 0 Å². The second-order valence-corrected chi connectivity index (χ2v) is 4.61. The topological polar surface area (TPSA) is 32.3 Å². The third kappa shape index (κ3) is 3.63. The minimum absolute atomic E-state index is 0.0602. The van der Waals surface area contributed by atoms with E-state index in [9.17, 15) is 9.50 Å². The van der Waals surface area contributed by atoms with Crippen molar-refractivity contribution in [2.45, 2.75) is 19.5 Å². The number of halogens is 1. The second kappa shape index (κ2) is 6.45. The van der Waals surface area contributed by atoms with Crippen LogP contribution in [0.1, 0.15) is 22.7 Å². The highest BCUT2D eigenvalue weighted by molar-refractivity contribution is 5.26. The molecule has 2 N–H and O–H groups in total. The summed E-state index contributed by atoms with van der Waals surface area (Å²) in [4.78, 5) is 0. The molecule has 0 aliphatic rings. The molecule has 2 rings (SSSR count). The lowest BCUT2D eigenvalue weighted by atomic mass is 10.0. The zero-order valence-corrected chi connectivity index (χ0v) is 10.9. The molecule has 2 aromatic rings. The predicted molar refractivity (Wildman–Crippen MR) is 74.2 cm³/mol. The predicted octanol–water partition coefficient (Wildman–Crippen LogP) is 2.96. The summed E-state index contributed by atoms with van der Waals surface area (Å²) in [5, 5.41) is 12.7. The number of benzene rings is 2. The van der Waals surface area contributed by atoms with Gasteiger partial charge in [-0.2, -0.15) is 0 Å². The molecule has 0 aromatic heterocycles. The van der Waals surface area contributed by atoms with Crippen LogP contribution in [0.15, 0.2) is 48.5 Å². The third-order valence-corrected chi connectivity index (χ3v) is 3.18. The van der Waals surface area contributed by atoms with E-state index < -0.39 is 0 Å². The standard InChI is InChI=1S/C16H18FNO/c1-12-7-8-14(9-15(12)17)16(11-19)18-10-13-5-3-2-4-6-13/h2-9,16,18-19H,10-11H2,1H3. The molecule has 0 amide bonds. The second-order valence-electron chi connectivity index (χ2n) is 4.61. The number of aliphatic hydroxyl groups excluding tert-OH is 1. The molecular formula is C16H18FNO. The SMILES string of the molecule is Cc1ccc(C(CO)NCc2ccccc2)cc1F. The first-order chi connectivity index (χ1) is 9.20. The highest BCUT2D eigenvalue weighted by Crippen LogP contribution is 2.17. The first kappa shape index (κ1) is 13.7. The Bertz CT molecular complexity index is 528. The zero-order valence-electron chi connectivity index (χ0n) is 10.9. The molecule has 100 valence electrons. The summed E-state index contributed by atoms with van der Waals surface area (Å²) in [6, 6.07) is 14.7. The molecule has 2 aromatic carbocycles. The van der Waals surface area contributed by atoms with E-state index in [2.05, 4.69) is 5.32 Å². The first-order valence-electron chi connectivity index (χ1n) is 6.35. The summed E-state index contributed by atoms with van der Waals surface area (Å²) in [6.45, 7) is 2.31. The molecule has 0 aliphatic heterocycles. The first-order valence-corrected chi connectivity index (χ1v) is 6.35. The van der Waals surface area contributed by atoms with Crippen LogP contribution in [-0.2, 0) is 6.54 Å². The van der Waals surface area contributed by atoms with Crippen molar-refractivity contribution in [3.05, 3.63) is 71.0 Å². The van der Waals surface area contributed by atoms with Gasteiger partial charge < -0.3 is 10.4 Å². The molecular weight excluding hydrogens is 241 g/mol. The van der Waals surface area contributed by atoms with Gasteiger partial charge in [0, 0.05) is 6.54 Å². The summed E-state index contributed by atoms with van der Waals surface area (Å²) in [5.74, 6) is -0.238. The molecule has 0 radical (unpaired) electrons. The number of aliphatic hydroxyl groups is 1. The fourth-order valence-electron chi connectivity index (χ4n) is 1.95. The molecule has 2 nitrogen and oxygen atoms in total. The Balaban J connectivity index is 2.05. The summed E-state index contributed by atoms with van der Waals surface area (Å²) >= 11 is 0. The van der Waals surface area contributed by atoms with Crippen molar-refractivity contribution in [2.75, 3.05) is 6.61 Å². The Labute approximate surface area is 112 Å². The van der Waals surface area contributed by atoms with E-state index in [0.717, 1.165) is 11.1 Å². The monoisotopic (exact) mass is 259 g/mol. The van der Waals surface area contributed by atoms with Gasteiger partial charge >= 0.3 is 0 Å². The van der Waals surface area contributed by atoms with E-state index in [0.29, 0.717) is 12.1 Å². The van der Waals surface area contributed by atoms with E-state index in [-0.39, 0.29) is 18.5 Å². The quantitative estimate of drug-likeness (QED) is 0.865. The van der Waals surface area contributed by atoms with Crippen LogP contribution in [0.4, 0.5) is 4.39 Å². The summed E-state index contributed by atoms with van der Waals surface area (Å²) in [7, 11) is 0. The minimum atomic E-state index is -0.254. The van der Waals surface area contributed by atoms with Gasteiger partial charge in [0.25, 0.3) is 0 Å². The van der Waals surface area contributed by atoms with Crippen LogP contribution in [0.3, 0.4) is 0 Å². The maximum Gasteiger partial charge on any atom is 0.126 e. The summed E-state index contributed by atoms with van der Waals surface area (Å²) < 4.78 is 13.5. The maximum atomic E-state index is 13.5. The zero-order chi connectivity index (χ0) is 13.7. The summed E-state index contributed by atoms with van der Waals surface area (Å²) in [6.07, 6.45) is 0. The minimum Gasteiger partial charge on any atom is -0.394 e. The lowest BCUT2D eigenvalue weighted by Gasteiger charge is -2.17. The van der Waals surface area contributed by atoms with Crippen molar-refractivity contribution in [3.8, 4) is 0 Å². The van der Waals surface area contributed by atoms with Crippen molar-refractivity contribution in [1.82, 2.24) is 5.32 Å². The van der Waals surface area contributed by atoms with Crippen LogP contribution in [0.5, 0.6) is 0 Å². The van der Waals surface area contributed by atoms with Gasteiger partial charge in [-0.05, 0) is 29.7 Å². The van der Waals surface area contributed by atoms with Gasteiger partial charge in [-0.1, -0.05) is 42.5 Å². The Morgan fingerprint density at radius 3 is 2.53 bits per heavy atom. The highest BCUT2D eigenvalue weighted by Gasteiger charge is 2.11. The lowest BCUT2D eigenvalue weighted by molar-refractivity contribution is 0.243. The van der Waals surface area contributed by atoms with Crippen molar-refractivity contribution in [3.63, 3.8) is 0 Å². The Morgan fingerprint density at radius 2 is 1.89 bits per heavy atom. The Kier molecular flexibility index (Phi) is 4.66. The molecule has 0 saturated heterocycles. The van der Waals surface area contributed by atoms with Gasteiger partial charge in [0.2, 0.25) is 0 Å². The van der Waals surface area contributed by atoms with Crippen LogP contribution < -0.4 is 5.32 Å². The fraction of sp³-hybridized carbons (Fsp3) is 0.250. The molecule has 0 saturated carbocycles. The van der Waals surface area contributed by atoms with E-state index in [4.69, 9.17) is 0 Å². The summed E-state index contributed by atoms with van der Waals surface area (Å²) in [5.41, 5.74) is 2.51. The molecule has 19 heavy (non-hydrogen) atoms. The van der Waals surface area contributed by atoms with Crippen LogP contribution >= 0.6 is 0 Å². The van der Waals surface area contributed by atoms with Gasteiger partial charge in [0.1, 0.15) is 5.82 Å². The molecule has 0 heterocycles. The van der Waals surface area contributed by atoms with Crippen molar-refractivity contribution >= 4 is 0 Å². The fourth-order valence-corrected chi connectivity index (χ4v) is 1.95. The number of aryl methyl sites for hydroxylation is 1. The molecule has 1 unspecified atom stereocenters. The number of hydrogen-bond acceptors (Lipinski definition) is 2. The number of nitrogens with one attached hydrogen (secondary N) is 1. The van der Waals surface area contributed by atoms with E-state index in [1.165, 1.54) is 6.07 Å². The van der Waals surface area contributed by atoms with Gasteiger partial charge in [-0.3, -0.25) is 0 Å². The number of hydrogen-bond donors (Lipinski definition) is 2. The van der Waals surface area contributed by atoms with Crippen molar-refractivity contribution < 1.29 is 9.50 Å². The van der Waals surface area contributed by atoms with Crippen molar-refractivity contribution in [1.29, 1.82) is 0 Å². The van der Waals surface area contributed by atoms with Crippen LogP contribution in [0, 0.1) is 12.7 Å². The Hall–Kier alpha value is -1.71. The van der Waals surface area contributed by atoms with Gasteiger partial charge in [0.05, 0.1) is 12.6 Å². The molecule has 0 spiro atoms. The maximum absolute atomic E-state index is 13.5. The molecule has 0 bridgehead atoms. The molecule has 0 aliphatic carbocycles. The number of rotatable bonds is 5. The van der Waals surface area contributed by atoms with Gasteiger partial charge in [-0.25, -0.2) is 4.39 Å². The third-order valence-electron chi connectivity index (χ3n) is 3.18. The Morgan fingerprint density at radius 1 is 1.16 bits per heavy atom.